The maximum absolute atomic E-state index is 13.6. The predicted octanol–water partition coefficient (Wildman–Crippen LogP) is 6.02. The number of hydrogen-bond acceptors (Lipinski definition) is 3. The van der Waals surface area contributed by atoms with Gasteiger partial charge in [-0.25, -0.2) is 9.78 Å². The minimum Gasteiger partial charge on any atom is -0.478 e. The molecule has 6 heteroatoms. The van der Waals surface area contributed by atoms with E-state index in [-0.39, 0.29) is 11.5 Å². The number of carbonyl (C=O) groups is 2. The van der Waals surface area contributed by atoms with E-state index in [2.05, 4.69) is 0 Å². The lowest BCUT2D eigenvalue weighted by Crippen LogP contribution is -2.30. The molecule has 0 aliphatic carbocycles. The summed E-state index contributed by atoms with van der Waals surface area (Å²) in [6.07, 6.45) is 0.306. The fourth-order valence-corrected chi connectivity index (χ4v) is 4.49. The van der Waals surface area contributed by atoms with Gasteiger partial charge < -0.3 is 14.6 Å². The van der Waals surface area contributed by atoms with E-state index in [1.807, 2.05) is 94.4 Å². The third-order valence-corrected chi connectivity index (χ3v) is 6.38. The molecule has 184 valence electrons. The summed E-state index contributed by atoms with van der Waals surface area (Å²) < 4.78 is 2.05. The summed E-state index contributed by atoms with van der Waals surface area (Å²) in [6, 6.07) is 34.5. The lowest BCUT2D eigenvalue weighted by Gasteiger charge is -2.23. The molecule has 0 bridgehead atoms. The Kier molecular flexibility index (Phi) is 7.08. The number of hydrogen-bond donors (Lipinski definition) is 1. The monoisotopic (exact) mass is 489 g/mol. The van der Waals surface area contributed by atoms with Gasteiger partial charge in [0.25, 0.3) is 0 Å². The molecule has 37 heavy (non-hydrogen) atoms. The summed E-state index contributed by atoms with van der Waals surface area (Å²) in [5.41, 5.74) is 4.96. The Hall–Kier alpha value is -4.71. The van der Waals surface area contributed by atoms with E-state index in [4.69, 9.17) is 4.98 Å². The average molecular weight is 490 g/mol. The van der Waals surface area contributed by atoms with Gasteiger partial charge in [0.05, 0.1) is 16.6 Å². The molecule has 1 amide bonds. The van der Waals surface area contributed by atoms with Gasteiger partial charge in [-0.3, -0.25) is 4.79 Å². The largest absolute Gasteiger partial charge is 0.478 e. The van der Waals surface area contributed by atoms with Crippen molar-refractivity contribution < 1.29 is 14.7 Å². The number of rotatable bonds is 9. The van der Waals surface area contributed by atoms with Crippen molar-refractivity contribution in [2.75, 3.05) is 0 Å². The van der Waals surface area contributed by atoms with Crippen molar-refractivity contribution in [1.82, 2.24) is 14.5 Å². The summed E-state index contributed by atoms with van der Waals surface area (Å²) in [5.74, 6) is -0.205. The highest BCUT2D eigenvalue weighted by molar-refractivity contribution is 5.88. The first-order chi connectivity index (χ1) is 18.1. The van der Waals surface area contributed by atoms with Crippen molar-refractivity contribution in [2.24, 2.45) is 0 Å². The molecule has 6 nitrogen and oxygen atoms in total. The molecule has 0 saturated carbocycles. The van der Waals surface area contributed by atoms with Crippen LogP contribution >= 0.6 is 0 Å². The van der Waals surface area contributed by atoms with Crippen LogP contribution in [0, 0.1) is 0 Å². The number of fused-ring (bicyclic) bond motifs is 1. The molecule has 0 aliphatic rings. The van der Waals surface area contributed by atoms with Crippen molar-refractivity contribution in [3.8, 4) is 11.4 Å². The summed E-state index contributed by atoms with van der Waals surface area (Å²) >= 11 is 0. The average Bonchev–Trinajstić information content (AvgIpc) is 3.31. The molecule has 0 fully saturated rings. The number of aromatic nitrogens is 2. The number of imidazole rings is 1. The second-order valence-electron chi connectivity index (χ2n) is 8.93. The molecule has 1 aromatic heterocycles. The molecule has 0 atom stereocenters. The zero-order chi connectivity index (χ0) is 25.6. The van der Waals surface area contributed by atoms with Crippen molar-refractivity contribution in [3.05, 3.63) is 126 Å². The molecule has 1 heterocycles. The molecule has 0 radical (unpaired) electrons. The van der Waals surface area contributed by atoms with Gasteiger partial charge >= 0.3 is 5.97 Å². The van der Waals surface area contributed by atoms with Gasteiger partial charge in [0, 0.05) is 31.6 Å². The Morgan fingerprint density at radius 2 is 1.30 bits per heavy atom. The van der Waals surface area contributed by atoms with Crippen LogP contribution in [0.25, 0.3) is 22.4 Å². The first-order valence-electron chi connectivity index (χ1n) is 12.2. The number of aryl methyl sites for hydroxylation is 1. The first-order valence-corrected chi connectivity index (χ1v) is 12.2. The van der Waals surface area contributed by atoms with Crippen LogP contribution in [0.5, 0.6) is 0 Å². The van der Waals surface area contributed by atoms with Crippen LogP contribution in [-0.4, -0.2) is 31.4 Å². The Morgan fingerprint density at radius 1 is 0.730 bits per heavy atom. The number of carboxylic acids is 1. The quantitative estimate of drug-likeness (QED) is 0.275. The lowest BCUT2D eigenvalue weighted by molar-refractivity contribution is -0.132. The maximum atomic E-state index is 13.6. The van der Waals surface area contributed by atoms with Gasteiger partial charge in [-0.05, 0) is 35.4 Å². The molecular formula is C31H27N3O3. The maximum Gasteiger partial charge on any atom is 0.335 e. The van der Waals surface area contributed by atoms with Gasteiger partial charge in [-0.15, -0.1) is 0 Å². The molecule has 0 spiro atoms. The van der Waals surface area contributed by atoms with E-state index < -0.39 is 5.97 Å². The summed E-state index contributed by atoms with van der Waals surface area (Å²) in [7, 11) is 0. The van der Waals surface area contributed by atoms with E-state index >= 15 is 0 Å². The minimum absolute atomic E-state index is 0.0534. The zero-order valence-electron chi connectivity index (χ0n) is 20.3. The van der Waals surface area contributed by atoms with Crippen molar-refractivity contribution in [3.63, 3.8) is 0 Å². The first kappa shape index (κ1) is 24.0. The van der Waals surface area contributed by atoms with Crippen LogP contribution in [0.3, 0.4) is 0 Å². The highest BCUT2D eigenvalue weighted by Crippen LogP contribution is 2.26. The topological polar surface area (TPSA) is 75.4 Å². The number of para-hydroxylation sites is 2. The number of carbonyl (C=O) groups excluding carboxylic acids is 1. The van der Waals surface area contributed by atoms with Gasteiger partial charge in [0.15, 0.2) is 0 Å². The van der Waals surface area contributed by atoms with E-state index in [1.54, 1.807) is 24.3 Å². The van der Waals surface area contributed by atoms with Crippen LogP contribution in [0.2, 0.25) is 0 Å². The number of nitrogens with zero attached hydrogens (tertiary/aromatic N) is 3. The fourth-order valence-electron chi connectivity index (χ4n) is 4.49. The number of aromatic carboxylic acids is 1. The fraction of sp³-hybridized carbons (Fsp3) is 0.129. The Labute approximate surface area is 215 Å². The predicted molar refractivity (Wildman–Crippen MR) is 144 cm³/mol. The van der Waals surface area contributed by atoms with Crippen LogP contribution < -0.4 is 0 Å². The van der Waals surface area contributed by atoms with Crippen molar-refractivity contribution in [2.45, 2.75) is 26.1 Å². The summed E-state index contributed by atoms with van der Waals surface area (Å²) in [5, 5.41) is 9.26. The number of carboxylic acid groups (broad SMARTS) is 1. The number of benzene rings is 4. The molecule has 0 unspecified atom stereocenters. The van der Waals surface area contributed by atoms with E-state index in [0.29, 0.717) is 31.9 Å². The molecule has 4 aromatic carbocycles. The molecule has 1 N–H and O–H groups in total. The van der Waals surface area contributed by atoms with Gasteiger partial charge in [0.1, 0.15) is 5.82 Å². The second kappa shape index (κ2) is 10.9. The standard InChI is InChI=1S/C31H27N3O3/c35-29(33(21-23-9-3-1-4-10-23)22-24-11-5-2-6-12-24)19-20-34-28-14-8-7-13-27(28)32-30(34)25-15-17-26(18-16-25)31(36)37/h1-18H,19-22H2,(H,36,37). The highest BCUT2D eigenvalue weighted by Gasteiger charge is 2.18. The van der Waals surface area contributed by atoms with E-state index in [1.165, 1.54) is 0 Å². The Bertz CT molecular complexity index is 1470. The molecule has 0 saturated heterocycles. The highest BCUT2D eigenvalue weighted by atomic mass is 16.4. The normalized spacial score (nSPS) is 10.9. The zero-order valence-corrected chi connectivity index (χ0v) is 20.3. The molecule has 0 aliphatic heterocycles. The van der Waals surface area contributed by atoms with E-state index in [0.717, 1.165) is 27.7 Å². The summed E-state index contributed by atoms with van der Waals surface area (Å²) in [4.78, 5) is 31.6. The lowest BCUT2D eigenvalue weighted by atomic mass is 10.1. The summed E-state index contributed by atoms with van der Waals surface area (Å²) in [6.45, 7) is 1.51. The van der Waals surface area contributed by atoms with Crippen molar-refractivity contribution in [1.29, 1.82) is 0 Å². The van der Waals surface area contributed by atoms with Crippen LogP contribution in [-0.2, 0) is 24.4 Å². The van der Waals surface area contributed by atoms with E-state index in [9.17, 15) is 14.7 Å². The van der Waals surface area contributed by atoms with Gasteiger partial charge in [-0.1, -0.05) is 84.9 Å². The number of amides is 1. The smallest absolute Gasteiger partial charge is 0.335 e. The Balaban J connectivity index is 1.42. The van der Waals surface area contributed by atoms with Crippen LogP contribution in [0.1, 0.15) is 27.9 Å². The SMILES string of the molecule is O=C(O)c1ccc(-c2nc3ccccc3n2CCC(=O)N(Cc2ccccc2)Cc2ccccc2)cc1. The van der Waals surface area contributed by atoms with Crippen molar-refractivity contribution >= 4 is 22.9 Å². The van der Waals surface area contributed by atoms with Gasteiger partial charge in [-0.2, -0.15) is 0 Å². The van der Waals surface area contributed by atoms with Gasteiger partial charge in [0.2, 0.25) is 5.91 Å². The Morgan fingerprint density at radius 3 is 1.89 bits per heavy atom. The third kappa shape index (κ3) is 5.59. The minimum atomic E-state index is -0.970. The molecule has 5 rings (SSSR count). The third-order valence-electron chi connectivity index (χ3n) is 6.38. The van der Waals surface area contributed by atoms with Crippen LogP contribution in [0.15, 0.2) is 109 Å². The van der Waals surface area contributed by atoms with Crippen LogP contribution in [0.4, 0.5) is 0 Å². The molecule has 5 aromatic rings. The molecular weight excluding hydrogens is 462 g/mol. The second-order valence-corrected chi connectivity index (χ2v) is 8.93.